The van der Waals surface area contributed by atoms with E-state index in [-0.39, 0.29) is 32.3 Å². The summed E-state index contributed by atoms with van der Waals surface area (Å²) in [5.41, 5.74) is -0.969. The molecule has 0 radical (unpaired) electrons. The molecule has 0 rings (SSSR count). The second kappa shape index (κ2) is 12.6. The molecule has 0 saturated heterocycles. The first-order valence-electron chi connectivity index (χ1n) is 7.59. The number of carboxylic acid groups (broad SMARTS) is 1. The van der Waals surface area contributed by atoms with Gasteiger partial charge in [0.2, 0.25) is 0 Å². The van der Waals surface area contributed by atoms with Crippen molar-refractivity contribution in [3.05, 3.63) is 0 Å². The van der Waals surface area contributed by atoms with Crippen LogP contribution in [0.4, 0.5) is 0 Å². The van der Waals surface area contributed by atoms with Gasteiger partial charge in [-0.3, -0.25) is 9.59 Å². The third-order valence-corrected chi connectivity index (χ3v) is 3.94. The predicted octanol–water partition coefficient (Wildman–Crippen LogP) is 1.53. The van der Waals surface area contributed by atoms with Crippen LogP contribution in [0.1, 0.15) is 33.6 Å². The lowest BCUT2D eigenvalue weighted by Gasteiger charge is -2.27. The molecule has 1 unspecified atom stereocenters. The number of carbonyl (C=O) groups excluding carboxylic acids is 1. The molecule has 0 fully saturated rings. The van der Waals surface area contributed by atoms with Crippen LogP contribution in [0, 0.1) is 5.41 Å². The molecule has 0 bridgehead atoms. The van der Waals surface area contributed by atoms with Crippen LogP contribution in [0.2, 0.25) is 0 Å². The van der Waals surface area contributed by atoms with Gasteiger partial charge in [0, 0.05) is 5.75 Å². The van der Waals surface area contributed by atoms with E-state index < -0.39 is 24.1 Å². The minimum absolute atomic E-state index is 0.0163. The lowest BCUT2D eigenvalue weighted by molar-refractivity contribution is -0.167. The molecular weight excluding hydrogens is 324 g/mol. The summed E-state index contributed by atoms with van der Waals surface area (Å²) in [6.45, 7) is 5.37. The van der Waals surface area contributed by atoms with Gasteiger partial charge in [-0.25, -0.2) is 0 Å². The molecule has 0 spiro atoms. The monoisotopic (exact) mass is 352 g/mol. The van der Waals surface area contributed by atoms with Gasteiger partial charge in [0.1, 0.15) is 12.2 Å². The molecule has 0 aromatic rings. The van der Waals surface area contributed by atoms with Crippen LogP contribution in [0.25, 0.3) is 0 Å². The second-order valence-electron chi connectivity index (χ2n) is 5.64. The Hall–Kier alpha value is -0.830. The van der Waals surface area contributed by atoms with E-state index in [9.17, 15) is 9.59 Å². The fourth-order valence-electron chi connectivity index (χ4n) is 1.54. The first kappa shape index (κ1) is 22.2. The third-order valence-electron chi connectivity index (χ3n) is 2.87. The maximum absolute atomic E-state index is 12.2. The van der Waals surface area contributed by atoms with Crippen molar-refractivity contribution in [3.63, 3.8) is 0 Å². The Kier molecular flexibility index (Phi) is 12.1. The Morgan fingerprint density at radius 1 is 1.22 bits per heavy atom. The molecule has 136 valence electrons. The highest BCUT2D eigenvalue weighted by molar-refractivity contribution is 7.99. The van der Waals surface area contributed by atoms with Crippen LogP contribution < -0.4 is 0 Å². The lowest BCUT2D eigenvalue weighted by atomic mass is 9.93. The molecule has 0 amide bonds. The number of aliphatic hydroxyl groups is 1. The molecule has 0 aromatic heterocycles. The highest BCUT2D eigenvalue weighted by Gasteiger charge is 2.36. The van der Waals surface area contributed by atoms with Gasteiger partial charge in [-0.05, 0) is 32.9 Å². The molecule has 0 aliphatic carbocycles. The number of carbonyl (C=O) groups is 2. The Bertz CT molecular complexity index is 349. The molecule has 0 heterocycles. The summed E-state index contributed by atoms with van der Waals surface area (Å²) in [7, 11) is 0. The Morgan fingerprint density at radius 3 is 2.48 bits per heavy atom. The quantitative estimate of drug-likeness (QED) is 0.276. The maximum Gasteiger partial charge on any atom is 0.316 e. The van der Waals surface area contributed by atoms with Crippen LogP contribution >= 0.6 is 11.8 Å². The molecular formula is C15H28O7S. The molecule has 2 N–H and O–H groups in total. The van der Waals surface area contributed by atoms with Crippen LogP contribution in [0.5, 0.6) is 0 Å². The number of esters is 1. The molecule has 23 heavy (non-hydrogen) atoms. The van der Waals surface area contributed by atoms with Gasteiger partial charge in [-0.1, -0.05) is 0 Å². The van der Waals surface area contributed by atoms with E-state index in [1.165, 1.54) is 11.8 Å². The normalized spacial score (nSPS) is 13.8. The number of ether oxygens (including phenoxy) is 3. The highest BCUT2D eigenvalue weighted by Crippen LogP contribution is 2.21. The van der Waals surface area contributed by atoms with Gasteiger partial charge >= 0.3 is 11.9 Å². The Morgan fingerprint density at radius 2 is 1.91 bits per heavy atom. The predicted molar refractivity (Wildman–Crippen MR) is 87.4 cm³/mol. The van der Waals surface area contributed by atoms with E-state index in [4.69, 9.17) is 24.4 Å². The van der Waals surface area contributed by atoms with E-state index in [0.717, 1.165) is 5.75 Å². The summed E-state index contributed by atoms with van der Waals surface area (Å²) >= 11 is 1.51. The lowest BCUT2D eigenvalue weighted by Crippen LogP contribution is -2.40. The van der Waals surface area contributed by atoms with Crippen molar-refractivity contribution in [2.24, 2.45) is 5.41 Å². The smallest absolute Gasteiger partial charge is 0.316 e. The average Bonchev–Trinajstić information content (AvgIpc) is 2.49. The van der Waals surface area contributed by atoms with Crippen molar-refractivity contribution in [1.29, 1.82) is 0 Å². The second-order valence-corrected chi connectivity index (χ2v) is 6.87. The Labute approximate surface area is 141 Å². The first-order valence-corrected chi connectivity index (χ1v) is 8.74. The fourth-order valence-corrected chi connectivity index (χ4v) is 2.39. The molecule has 0 aromatic carbocycles. The van der Waals surface area contributed by atoms with E-state index in [2.05, 4.69) is 0 Å². The van der Waals surface area contributed by atoms with Crippen LogP contribution in [0.15, 0.2) is 0 Å². The average molecular weight is 352 g/mol. The molecule has 0 aliphatic heterocycles. The van der Waals surface area contributed by atoms with E-state index in [1.807, 2.05) is 13.8 Å². The topological polar surface area (TPSA) is 102 Å². The summed E-state index contributed by atoms with van der Waals surface area (Å²) in [5.74, 6) is 0.0383. The molecule has 0 aliphatic rings. The van der Waals surface area contributed by atoms with Crippen molar-refractivity contribution >= 4 is 23.7 Å². The van der Waals surface area contributed by atoms with Crippen molar-refractivity contribution in [2.75, 3.05) is 38.1 Å². The van der Waals surface area contributed by atoms with Gasteiger partial charge in [-0.2, -0.15) is 11.8 Å². The minimum Gasteiger partial charge on any atom is -0.481 e. The van der Waals surface area contributed by atoms with Crippen LogP contribution in [-0.4, -0.2) is 66.4 Å². The number of aliphatic hydroxyl groups excluding tert-OH is 1. The summed E-state index contributed by atoms with van der Waals surface area (Å²) in [6.07, 6.45) is 0.757. The number of thioether (sulfide) groups is 1. The standard InChI is InChI=1S/C15H28O7S/c1-12(2)22-10-15(3,9-20-11-16)14(19)21-6-4-7-23-8-5-13(17)18/h12,16H,4-11H2,1-3H3,(H,17,18). The zero-order chi connectivity index (χ0) is 17.7. The zero-order valence-electron chi connectivity index (χ0n) is 14.1. The van der Waals surface area contributed by atoms with Gasteiger partial charge in [0.25, 0.3) is 0 Å². The summed E-state index contributed by atoms with van der Waals surface area (Å²) in [4.78, 5) is 22.6. The SMILES string of the molecule is CC(C)OCC(C)(COCO)C(=O)OCCCSCCC(=O)O. The number of aliphatic carboxylic acids is 1. The highest BCUT2D eigenvalue weighted by atomic mass is 32.2. The zero-order valence-corrected chi connectivity index (χ0v) is 14.9. The first-order chi connectivity index (χ1) is 10.8. The number of hydrogen-bond acceptors (Lipinski definition) is 7. The third kappa shape index (κ3) is 11.4. The minimum atomic E-state index is -0.969. The molecule has 8 heteroatoms. The van der Waals surface area contributed by atoms with Gasteiger partial charge in [0.05, 0.1) is 32.3 Å². The van der Waals surface area contributed by atoms with E-state index in [1.54, 1.807) is 6.92 Å². The van der Waals surface area contributed by atoms with Crippen LogP contribution in [0.3, 0.4) is 0 Å². The number of hydrogen-bond donors (Lipinski definition) is 2. The van der Waals surface area contributed by atoms with Gasteiger partial charge in [-0.15, -0.1) is 0 Å². The van der Waals surface area contributed by atoms with Crippen LogP contribution in [-0.2, 0) is 23.8 Å². The summed E-state index contributed by atoms with van der Waals surface area (Å²) in [5, 5.41) is 17.3. The van der Waals surface area contributed by atoms with Crippen molar-refractivity contribution in [1.82, 2.24) is 0 Å². The fraction of sp³-hybridized carbons (Fsp3) is 0.867. The van der Waals surface area contributed by atoms with Gasteiger partial charge < -0.3 is 24.4 Å². The summed E-state index contributed by atoms with van der Waals surface area (Å²) < 4.78 is 15.7. The maximum atomic E-state index is 12.2. The molecule has 0 saturated carbocycles. The largest absolute Gasteiger partial charge is 0.481 e. The Balaban J connectivity index is 4.09. The summed E-state index contributed by atoms with van der Waals surface area (Å²) in [6, 6.07) is 0. The van der Waals surface area contributed by atoms with E-state index >= 15 is 0 Å². The molecule has 1 atom stereocenters. The van der Waals surface area contributed by atoms with Gasteiger partial charge in [0.15, 0.2) is 0 Å². The number of rotatable bonds is 14. The van der Waals surface area contributed by atoms with E-state index in [0.29, 0.717) is 12.2 Å². The van der Waals surface area contributed by atoms with Crippen molar-refractivity contribution < 1.29 is 34.0 Å². The van der Waals surface area contributed by atoms with Crippen molar-refractivity contribution in [3.8, 4) is 0 Å². The number of carboxylic acids is 1. The molecule has 7 nitrogen and oxygen atoms in total. The van der Waals surface area contributed by atoms with Crippen molar-refractivity contribution in [2.45, 2.75) is 39.7 Å².